The monoisotopic (exact) mass is 803 g/mol. The number of ether oxygens (including phenoxy) is 1. The molecule has 1 amide bonds. The normalized spacial score (nSPS) is 23.5. The maximum absolute atomic E-state index is 12.3. The molecule has 3 aromatic rings. The fourth-order valence-corrected chi connectivity index (χ4v) is 8.98. The van der Waals surface area contributed by atoms with Gasteiger partial charge in [0.1, 0.15) is 17.5 Å². The highest BCUT2D eigenvalue weighted by molar-refractivity contribution is 7.99. The number of carbonyl (C=O) groups is 1. The summed E-state index contributed by atoms with van der Waals surface area (Å²) in [5.41, 5.74) is 14.8. The number of H-pyrrole nitrogens is 1. The Balaban J connectivity index is 0.000000164. The van der Waals surface area contributed by atoms with Crippen molar-refractivity contribution in [3.8, 4) is 11.4 Å². The molecular weight excluding hydrogens is 739 g/mol. The number of hydrogen-bond donors (Lipinski definition) is 4. The standard InChI is InChI=1S/C17H19N3OS.C16H26N2S.C11H20N2O2/c1-4-11-5-6-12-13(7-11)19-14(8-16(12)21)15-9-22-17(20-15)18-10(2)3;17-15-14-12-13(14)8-6-4-2-1-3-5-7-9-16(10-11-16)19-18-15;1-8(15-11(2,3)4)13-7-5-6-9(13)10(12)14/h5-10H,4H2,1-3H3,(H,18,20)(H,19,21);6,8,13-14H,1-5,7,9-12H2,(H2,17,18);9H,1,5-7H2,2-4H3,(H2,12,14)/b;8-6+;. The van der Waals surface area contributed by atoms with Crippen LogP contribution in [0.2, 0.25) is 0 Å². The van der Waals surface area contributed by atoms with Crippen LogP contribution < -0.4 is 22.2 Å². The van der Waals surface area contributed by atoms with E-state index < -0.39 is 0 Å². The molecule has 1 aromatic carbocycles. The van der Waals surface area contributed by atoms with E-state index in [2.05, 4.69) is 59.2 Å². The van der Waals surface area contributed by atoms with Gasteiger partial charge in [-0.25, -0.2) is 9.38 Å². The number of allylic oxidation sites excluding steroid dienone is 2. The Hall–Kier alpha value is -3.77. The first-order valence-corrected chi connectivity index (χ1v) is 22.3. The molecule has 4 aliphatic rings. The number of thiazole rings is 1. The van der Waals surface area contributed by atoms with Crippen molar-refractivity contribution in [1.82, 2.24) is 14.9 Å². The molecule has 7 rings (SSSR count). The summed E-state index contributed by atoms with van der Waals surface area (Å²) in [5.74, 6) is 2.38. The lowest BCUT2D eigenvalue weighted by Crippen LogP contribution is -2.41. The number of anilines is 1. The molecule has 306 valence electrons. The van der Waals surface area contributed by atoms with Crippen LogP contribution >= 0.6 is 23.3 Å². The predicted octanol–water partition coefficient (Wildman–Crippen LogP) is 9.72. The van der Waals surface area contributed by atoms with E-state index in [1.165, 1.54) is 69.8 Å². The molecule has 0 radical (unpaired) electrons. The second kappa shape index (κ2) is 19.6. The molecular formula is C44H65N7O3S2. The van der Waals surface area contributed by atoms with E-state index in [9.17, 15) is 9.59 Å². The van der Waals surface area contributed by atoms with E-state index in [1.807, 2.05) is 49.3 Å². The third kappa shape index (κ3) is 12.9. The van der Waals surface area contributed by atoms with Crippen LogP contribution in [0.25, 0.3) is 22.3 Å². The van der Waals surface area contributed by atoms with Crippen molar-refractivity contribution < 1.29 is 9.53 Å². The maximum Gasteiger partial charge on any atom is 0.240 e. The number of amidine groups is 1. The maximum atomic E-state index is 12.3. The minimum absolute atomic E-state index is 0.0257. The second-order valence-corrected chi connectivity index (χ2v) is 19.1. The number of hydrogen-bond acceptors (Lipinski definition) is 10. The molecule has 6 N–H and O–H groups in total. The fourth-order valence-electron chi connectivity index (χ4n) is 7.16. The number of rotatable bonds is 7. The molecule has 2 aromatic heterocycles. The van der Waals surface area contributed by atoms with Gasteiger partial charge in [-0.05, 0) is 135 Å². The number of nitrogens with two attached hydrogens (primary N) is 2. The van der Waals surface area contributed by atoms with Gasteiger partial charge in [0.25, 0.3) is 0 Å². The van der Waals surface area contributed by atoms with Crippen LogP contribution in [0.5, 0.6) is 0 Å². The smallest absolute Gasteiger partial charge is 0.240 e. The first kappa shape index (κ1) is 43.4. The Morgan fingerprint density at radius 3 is 2.57 bits per heavy atom. The van der Waals surface area contributed by atoms with E-state index in [0.717, 1.165) is 59.1 Å². The molecule has 3 atom stereocenters. The number of likely N-dealkylation sites (tertiary alicyclic amines) is 1. The molecule has 10 nitrogen and oxygen atoms in total. The SMILES string of the molecule is C=C(OC(C)(C)C)N1CCCC1C(N)=O.CCc1ccc2c(=O)cc(-c3csc(NC(C)C)n3)[nH]c2c1.N/C1=N\SC2(CCCCCCC/C=C/C3CC13)CC2. The van der Waals surface area contributed by atoms with Crippen LogP contribution in [0.15, 0.2) is 63.5 Å². The average Bonchev–Trinajstić information content (AvgIpc) is 3.97. The highest BCUT2D eigenvalue weighted by atomic mass is 32.2. The minimum Gasteiger partial charge on any atom is -0.474 e. The van der Waals surface area contributed by atoms with Gasteiger partial charge in [0.05, 0.1) is 16.9 Å². The topological polar surface area (TPSA) is 152 Å². The lowest BCUT2D eigenvalue weighted by atomic mass is 10.1. The van der Waals surface area contributed by atoms with Crippen molar-refractivity contribution in [2.24, 2.45) is 27.7 Å². The predicted molar refractivity (Wildman–Crippen MR) is 237 cm³/mol. The van der Waals surface area contributed by atoms with Gasteiger partial charge in [0, 0.05) is 40.1 Å². The van der Waals surface area contributed by atoms with Crippen molar-refractivity contribution in [1.29, 1.82) is 0 Å². The van der Waals surface area contributed by atoms with E-state index in [0.29, 0.717) is 28.5 Å². The highest BCUT2D eigenvalue weighted by Crippen LogP contribution is 2.53. The second-order valence-electron chi connectivity index (χ2n) is 17.0. The molecule has 0 bridgehead atoms. The summed E-state index contributed by atoms with van der Waals surface area (Å²) in [6.07, 6.45) is 20.9. The lowest BCUT2D eigenvalue weighted by Gasteiger charge is -2.31. The van der Waals surface area contributed by atoms with E-state index in [1.54, 1.807) is 29.4 Å². The molecule has 12 heteroatoms. The van der Waals surface area contributed by atoms with Crippen LogP contribution in [0.1, 0.15) is 124 Å². The Labute approximate surface area is 342 Å². The fraction of sp³-hybridized carbons (Fsp3) is 0.591. The Morgan fingerprint density at radius 2 is 1.88 bits per heavy atom. The van der Waals surface area contributed by atoms with E-state index in [-0.39, 0.29) is 23.0 Å². The van der Waals surface area contributed by atoms with Gasteiger partial charge in [0.2, 0.25) is 5.91 Å². The van der Waals surface area contributed by atoms with Gasteiger partial charge in [-0.2, -0.15) is 0 Å². The third-order valence-corrected chi connectivity index (χ3v) is 12.7. The van der Waals surface area contributed by atoms with Crippen molar-refractivity contribution in [3.05, 3.63) is 70.0 Å². The Bertz CT molecular complexity index is 1910. The highest BCUT2D eigenvalue weighted by Gasteiger charge is 2.44. The number of pyridine rings is 1. The average molecular weight is 804 g/mol. The van der Waals surface area contributed by atoms with Crippen LogP contribution in [-0.2, 0) is 16.0 Å². The number of benzene rings is 1. The zero-order valence-electron chi connectivity index (χ0n) is 34.5. The molecule has 2 aliphatic heterocycles. The molecule has 3 unspecified atom stereocenters. The summed E-state index contributed by atoms with van der Waals surface area (Å²) in [6, 6.07) is 7.65. The number of nitrogens with zero attached hydrogens (tertiary/aromatic N) is 3. The van der Waals surface area contributed by atoms with Crippen molar-refractivity contribution in [3.63, 3.8) is 0 Å². The summed E-state index contributed by atoms with van der Waals surface area (Å²) in [4.78, 5) is 33.2. The number of aryl methyl sites for hydroxylation is 1. The van der Waals surface area contributed by atoms with Gasteiger partial charge in [-0.15, -0.1) is 11.3 Å². The number of fused-ring (bicyclic) bond motifs is 2. The quantitative estimate of drug-likeness (QED) is 0.105. The number of amides is 1. The van der Waals surface area contributed by atoms with Crippen LogP contribution in [0, 0.1) is 11.8 Å². The third-order valence-electron chi connectivity index (χ3n) is 10.6. The van der Waals surface area contributed by atoms with Crippen LogP contribution in [0.4, 0.5) is 5.13 Å². The zero-order valence-corrected chi connectivity index (χ0v) is 36.1. The number of aromatic amines is 1. The van der Waals surface area contributed by atoms with Crippen LogP contribution in [-0.4, -0.2) is 55.6 Å². The van der Waals surface area contributed by atoms with E-state index >= 15 is 0 Å². The molecule has 2 aliphatic carbocycles. The zero-order chi connectivity index (χ0) is 40.5. The van der Waals surface area contributed by atoms with Gasteiger partial charge >= 0.3 is 0 Å². The van der Waals surface area contributed by atoms with Gasteiger partial charge in [0.15, 0.2) is 16.4 Å². The summed E-state index contributed by atoms with van der Waals surface area (Å²) < 4.78 is 10.8. The van der Waals surface area contributed by atoms with Crippen molar-refractivity contribution in [2.75, 3.05) is 11.9 Å². The van der Waals surface area contributed by atoms with Gasteiger partial charge in [-0.1, -0.05) is 50.8 Å². The molecule has 1 spiro atoms. The summed E-state index contributed by atoms with van der Waals surface area (Å²) in [7, 11) is 0. The van der Waals surface area contributed by atoms with Crippen molar-refractivity contribution in [2.45, 2.75) is 147 Å². The number of aromatic nitrogens is 2. The Morgan fingerprint density at radius 1 is 1.12 bits per heavy atom. The number of nitrogens with one attached hydrogen (secondary N) is 2. The molecule has 2 saturated carbocycles. The molecule has 3 fully saturated rings. The van der Waals surface area contributed by atoms with Crippen molar-refractivity contribution >= 4 is 51.1 Å². The first-order chi connectivity index (χ1) is 26.7. The van der Waals surface area contributed by atoms with Gasteiger partial charge < -0.3 is 31.4 Å². The van der Waals surface area contributed by atoms with Gasteiger partial charge in [-0.3, -0.25) is 9.59 Å². The minimum atomic E-state index is -0.300. The van der Waals surface area contributed by atoms with E-state index in [4.69, 9.17) is 16.2 Å². The summed E-state index contributed by atoms with van der Waals surface area (Å²) >= 11 is 3.35. The largest absolute Gasteiger partial charge is 0.474 e. The number of primary amides is 1. The summed E-state index contributed by atoms with van der Waals surface area (Å²) in [5, 5.41) is 6.83. The molecule has 56 heavy (non-hydrogen) atoms. The number of carbonyl (C=O) groups excluding carboxylic acids is 1. The molecule has 4 heterocycles. The summed E-state index contributed by atoms with van der Waals surface area (Å²) in [6.45, 7) is 16.8. The Kier molecular flexibility index (Phi) is 15.2. The first-order valence-electron chi connectivity index (χ1n) is 20.7. The molecule has 1 saturated heterocycles. The van der Waals surface area contributed by atoms with Crippen LogP contribution in [0.3, 0.4) is 0 Å². The lowest BCUT2D eigenvalue weighted by molar-refractivity contribution is -0.123.